The number of piperazine rings is 1. The lowest BCUT2D eigenvalue weighted by molar-refractivity contribution is 0.0732. The molecule has 1 N–H and O–H groups in total. The number of carbonyl (C=O) groups excluding carboxylic acids is 1. The maximum Gasteiger partial charge on any atom is 0.257 e. The molecular weight excluding hydrogens is 232 g/mol. The number of amides is 1. The minimum Gasteiger partial charge on any atom is -0.497 e. The van der Waals surface area contributed by atoms with Crippen LogP contribution in [0.4, 0.5) is 0 Å². The Bertz CT molecular complexity index is 428. The molecule has 18 heavy (non-hydrogen) atoms. The topological polar surface area (TPSA) is 50.8 Å². The molecular formula is C13H18N2O3. The van der Waals surface area contributed by atoms with Crippen LogP contribution in [0.25, 0.3) is 0 Å². The predicted molar refractivity (Wildman–Crippen MR) is 68.3 cm³/mol. The van der Waals surface area contributed by atoms with Crippen molar-refractivity contribution >= 4 is 5.91 Å². The fourth-order valence-corrected chi connectivity index (χ4v) is 2.01. The van der Waals surface area contributed by atoms with Gasteiger partial charge in [-0.15, -0.1) is 0 Å². The van der Waals surface area contributed by atoms with Crippen LogP contribution in [0, 0.1) is 0 Å². The maximum absolute atomic E-state index is 12.4. The van der Waals surface area contributed by atoms with E-state index in [1.165, 1.54) is 0 Å². The molecule has 1 aromatic rings. The van der Waals surface area contributed by atoms with E-state index >= 15 is 0 Å². The van der Waals surface area contributed by atoms with E-state index in [1.807, 2.05) is 4.90 Å². The molecule has 1 aliphatic heterocycles. The van der Waals surface area contributed by atoms with Gasteiger partial charge in [0.15, 0.2) is 0 Å². The summed E-state index contributed by atoms with van der Waals surface area (Å²) in [6, 6.07) is 5.26. The summed E-state index contributed by atoms with van der Waals surface area (Å²) >= 11 is 0. The van der Waals surface area contributed by atoms with Crippen LogP contribution >= 0.6 is 0 Å². The summed E-state index contributed by atoms with van der Waals surface area (Å²) in [7, 11) is 3.15. The fraction of sp³-hybridized carbons (Fsp3) is 0.462. The second-order valence-corrected chi connectivity index (χ2v) is 4.11. The Hall–Kier alpha value is -1.75. The monoisotopic (exact) mass is 250 g/mol. The molecule has 1 amide bonds. The Kier molecular flexibility index (Phi) is 4.04. The first-order valence-corrected chi connectivity index (χ1v) is 5.98. The van der Waals surface area contributed by atoms with Crippen molar-refractivity contribution in [1.29, 1.82) is 0 Å². The fourth-order valence-electron chi connectivity index (χ4n) is 2.01. The van der Waals surface area contributed by atoms with E-state index < -0.39 is 0 Å². The standard InChI is InChI=1S/C13H18N2O3/c1-17-10-3-4-11(12(9-10)18-2)13(16)15-7-5-14-6-8-15/h3-4,9,14H,5-8H2,1-2H3. The van der Waals surface area contributed by atoms with Gasteiger partial charge in [-0.25, -0.2) is 0 Å². The Labute approximate surface area is 107 Å². The highest BCUT2D eigenvalue weighted by Gasteiger charge is 2.21. The van der Waals surface area contributed by atoms with Crippen molar-refractivity contribution in [2.75, 3.05) is 40.4 Å². The first kappa shape index (κ1) is 12.7. The van der Waals surface area contributed by atoms with E-state index in [-0.39, 0.29) is 5.91 Å². The zero-order valence-electron chi connectivity index (χ0n) is 10.7. The van der Waals surface area contributed by atoms with Crippen molar-refractivity contribution in [3.05, 3.63) is 23.8 Å². The van der Waals surface area contributed by atoms with Crippen molar-refractivity contribution < 1.29 is 14.3 Å². The van der Waals surface area contributed by atoms with Gasteiger partial charge in [-0.05, 0) is 12.1 Å². The van der Waals surface area contributed by atoms with Crippen LogP contribution in [0.5, 0.6) is 11.5 Å². The van der Waals surface area contributed by atoms with Gasteiger partial charge < -0.3 is 19.7 Å². The summed E-state index contributed by atoms with van der Waals surface area (Å²) < 4.78 is 10.4. The van der Waals surface area contributed by atoms with Gasteiger partial charge in [0.1, 0.15) is 11.5 Å². The lowest BCUT2D eigenvalue weighted by atomic mass is 10.1. The third kappa shape index (κ3) is 2.56. The number of benzene rings is 1. The Morgan fingerprint density at radius 1 is 1.22 bits per heavy atom. The van der Waals surface area contributed by atoms with Gasteiger partial charge in [-0.2, -0.15) is 0 Å². The number of nitrogens with zero attached hydrogens (tertiary/aromatic N) is 1. The van der Waals surface area contributed by atoms with Gasteiger partial charge in [0, 0.05) is 32.2 Å². The van der Waals surface area contributed by atoms with Crippen LogP contribution in [0.15, 0.2) is 18.2 Å². The van der Waals surface area contributed by atoms with Gasteiger partial charge in [-0.1, -0.05) is 0 Å². The molecule has 1 aliphatic rings. The lowest BCUT2D eigenvalue weighted by Crippen LogP contribution is -2.46. The second kappa shape index (κ2) is 5.73. The summed E-state index contributed by atoms with van der Waals surface area (Å²) in [4.78, 5) is 14.2. The van der Waals surface area contributed by atoms with Gasteiger partial charge in [0.2, 0.25) is 0 Å². The molecule has 2 rings (SSSR count). The highest BCUT2D eigenvalue weighted by atomic mass is 16.5. The molecule has 1 aromatic carbocycles. The lowest BCUT2D eigenvalue weighted by Gasteiger charge is -2.28. The number of hydrogen-bond donors (Lipinski definition) is 1. The zero-order chi connectivity index (χ0) is 13.0. The second-order valence-electron chi connectivity index (χ2n) is 4.11. The van der Waals surface area contributed by atoms with E-state index in [2.05, 4.69) is 5.32 Å². The highest BCUT2D eigenvalue weighted by molar-refractivity contribution is 5.97. The normalized spacial score (nSPS) is 15.3. The number of rotatable bonds is 3. The number of hydrogen-bond acceptors (Lipinski definition) is 4. The number of nitrogens with one attached hydrogen (secondary N) is 1. The third-order valence-corrected chi connectivity index (χ3v) is 3.04. The van der Waals surface area contributed by atoms with Crippen LogP contribution in [0.2, 0.25) is 0 Å². The van der Waals surface area contributed by atoms with E-state index in [4.69, 9.17) is 9.47 Å². The molecule has 5 nitrogen and oxygen atoms in total. The van der Waals surface area contributed by atoms with Crippen molar-refractivity contribution in [2.24, 2.45) is 0 Å². The summed E-state index contributed by atoms with van der Waals surface area (Å²) in [5.74, 6) is 1.25. The molecule has 0 aromatic heterocycles. The smallest absolute Gasteiger partial charge is 0.257 e. The van der Waals surface area contributed by atoms with Crippen molar-refractivity contribution in [1.82, 2.24) is 10.2 Å². The molecule has 0 atom stereocenters. The van der Waals surface area contributed by atoms with Crippen molar-refractivity contribution in [3.8, 4) is 11.5 Å². The van der Waals surface area contributed by atoms with Gasteiger partial charge in [0.05, 0.1) is 19.8 Å². The van der Waals surface area contributed by atoms with E-state index in [0.717, 1.165) is 26.2 Å². The van der Waals surface area contributed by atoms with E-state index in [1.54, 1.807) is 32.4 Å². The Morgan fingerprint density at radius 3 is 2.56 bits per heavy atom. The molecule has 0 radical (unpaired) electrons. The van der Waals surface area contributed by atoms with Gasteiger partial charge in [0.25, 0.3) is 5.91 Å². The predicted octanol–water partition coefficient (Wildman–Crippen LogP) is 0.749. The number of ether oxygens (including phenoxy) is 2. The SMILES string of the molecule is COc1ccc(C(=O)N2CCNCC2)c(OC)c1. The summed E-state index contributed by atoms with van der Waals surface area (Å²) in [6.45, 7) is 3.14. The molecule has 1 heterocycles. The van der Waals surface area contributed by atoms with Gasteiger partial charge >= 0.3 is 0 Å². The molecule has 5 heteroatoms. The van der Waals surface area contributed by atoms with Crippen LogP contribution in [-0.2, 0) is 0 Å². The quantitative estimate of drug-likeness (QED) is 0.860. The summed E-state index contributed by atoms with van der Waals surface area (Å²) in [6.07, 6.45) is 0. The molecule has 0 saturated carbocycles. The van der Waals surface area contributed by atoms with Crippen LogP contribution in [0.1, 0.15) is 10.4 Å². The maximum atomic E-state index is 12.4. The average molecular weight is 250 g/mol. The van der Waals surface area contributed by atoms with Gasteiger partial charge in [-0.3, -0.25) is 4.79 Å². The van der Waals surface area contributed by atoms with Crippen LogP contribution in [0.3, 0.4) is 0 Å². The summed E-state index contributed by atoms with van der Waals surface area (Å²) in [5.41, 5.74) is 0.584. The molecule has 98 valence electrons. The Balaban J connectivity index is 2.23. The molecule has 0 aliphatic carbocycles. The molecule has 1 fully saturated rings. The Morgan fingerprint density at radius 2 is 1.94 bits per heavy atom. The highest BCUT2D eigenvalue weighted by Crippen LogP contribution is 2.25. The largest absolute Gasteiger partial charge is 0.497 e. The molecule has 0 unspecified atom stereocenters. The summed E-state index contributed by atoms with van der Waals surface area (Å²) in [5, 5.41) is 3.22. The molecule has 1 saturated heterocycles. The zero-order valence-corrected chi connectivity index (χ0v) is 10.7. The first-order valence-electron chi connectivity index (χ1n) is 5.98. The average Bonchev–Trinajstić information content (AvgIpc) is 2.46. The number of carbonyl (C=O) groups is 1. The van der Waals surface area contributed by atoms with E-state index in [9.17, 15) is 4.79 Å². The third-order valence-electron chi connectivity index (χ3n) is 3.04. The van der Waals surface area contributed by atoms with Crippen molar-refractivity contribution in [2.45, 2.75) is 0 Å². The van der Waals surface area contributed by atoms with Crippen LogP contribution in [-0.4, -0.2) is 51.2 Å². The van der Waals surface area contributed by atoms with E-state index in [0.29, 0.717) is 17.1 Å². The molecule has 0 bridgehead atoms. The molecule has 0 spiro atoms. The van der Waals surface area contributed by atoms with Crippen molar-refractivity contribution in [3.63, 3.8) is 0 Å². The number of methoxy groups -OCH3 is 2. The minimum absolute atomic E-state index is 0.0102. The minimum atomic E-state index is 0.0102. The van der Waals surface area contributed by atoms with Crippen LogP contribution < -0.4 is 14.8 Å². The first-order chi connectivity index (χ1) is 8.76.